The molecule has 1 amide bonds. The zero-order chi connectivity index (χ0) is 28.0. The van der Waals surface area contributed by atoms with Gasteiger partial charge in [0, 0.05) is 17.0 Å². The minimum Gasteiger partial charge on any atom is -0.384 e. The molecule has 1 unspecified atom stereocenters. The molecule has 0 saturated heterocycles. The van der Waals surface area contributed by atoms with Crippen LogP contribution in [-0.4, -0.2) is 15.9 Å². The second kappa shape index (κ2) is 9.66. The van der Waals surface area contributed by atoms with Crippen LogP contribution in [0.5, 0.6) is 0 Å². The van der Waals surface area contributed by atoms with E-state index in [1.165, 1.54) is 23.1 Å². The van der Waals surface area contributed by atoms with Crippen LogP contribution < -0.4 is 21.5 Å². The van der Waals surface area contributed by atoms with Crippen molar-refractivity contribution in [2.24, 2.45) is 5.73 Å². The zero-order valence-electron chi connectivity index (χ0n) is 20.7. The summed E-state index contributed by atoms with van der Waals surface area (Å²) in [6.45, 7) is 0.0706. The number of benzene rings is 3. The van der Waals surface area contributed by atoms with Gasteiger partial charge in [0.2, 0.25) is 5.91 Å². The van der Waals surface area contributed by atoms with Crippen LogP contribution in [0.25, 0.3) is 0 Å². The third-order valence-electron chi connectivity index (χ3n) is 7.02. The topological polar surface area (TPSA) is 128 Å². The number of carbonyl (C=O) groups excluding carboxylic acids is 1. The lowest BCUT2D eigenvalue weighted by atomic mass is 9.69. The molecule has 1 aromatic heterocycles. The number of thioether (sulfide) groups is 1. The number of aromatic amines is 1. The molecule has 0 fully saturated rings. The van der Waals surface area contributed by atoms with Crippen LogP contribution in [0, 0.1) is 23.0 Å². The molecule has 11 heteroatoms. The number of rotatable bonds is 5. The number of nitriles is 1. The van der Waals surface area contributed by atoms with Gasteiger partial charge in [0.25, 0.3) is 5.56 Å². The van der Waals surface area contributed by atoms with Crippen molar-refractivity contribution in [1.29, 1.82) is 5.26 Å². The van der Waals surface area contributed by atoms with E-state index < -0.39 is 22.7 Å². The summed E-state index contributed by atoms with van der Waals surface area (Å²) in [5.41, 5.74) is 5.60. The zero-order valence-corrected chi connectivity index (χ0v) is 21.6. The smallest absolute Gasteiger partial charge is 0.258 e. The summed E-state index contributed by atoms with van der Waals surface area (Å²) in [4.78, 5) is 36.9. The number of H-pyrrole nitrogens is 1. The Balaban J connectivity index is 1.49. The minimum atomic E-state index is -1.86. The van der Waals surface area contributed by atoms with Gasteiger partial charge in [-0.05, 0) is 35.4 Å². The highest BCUT2D eigenvalue weighted by atomic mass is 32.2. The Morgan fingerprint density at radius 1 is 1.02 bits per heavy atom. The van der Waals surface area contributed by atoms with Crippen LogP contribution in [0.3, 0.4) is 0 Å². The lowest BCUT2D eigenvalue weighted by Gasteiger charge is -2.34. The number of anilines is 2. The Labute approximate surface area is 231 Å². The number of hydrogen-bond donors (Lipinski definition) is 3. The SMILES string of the molecule is N#CC1=C(N)Nc2nc(SCc3ccccc3F)[nH]c(=O)c2C12C(=O)N(Cc1ccc(F)cc1)c1ccccc12. The Morgan fingerprint density at radius 3 is 2.50 bits per heavy atom. The molecular formula is C29H20F2N6O2S. The molecule has 2 aliphatic heterocycles. The van der Waals surface area contributed by atoms with Crippen LogP contribution in [0.2, 0.25) is 0 Å². The third kappa shape index (κ3) is 3.84. The van der Waals surface area contributed by atoms with Gasteiger partial charge in [0.1, 0.15) is 34.8 Å². The predicted octanol–water partition coefficient (Wildman–Crippen LogP) is 4.29. The summed E-state index contributed by atoms with van der Waals surface area (Å²) >= 11 is 1.11. The minimum absolute atomic E-state index is 0.0306. The van der Waals surface area contributed by atoms with Crippen molar-refractivity contribution in [2.75, 3.05) is 10.2 Å². The molecule has 4 aromatic rings. The summed E-state index contributed by atoms with van der Waals surface area (Å²) < 4.78 is 27.7. The first-order valence-electron chi connectivity index (χ1n) is 12.2. The van der Waals surface area contributed by atoms with E-state index in [-0.39, 0.29) is 46.0 Å². The van der Waals surface area contributed by atoms with E-state index >= 15 is 0 Å². The molecule has 2 aliphatic rings. The lowest BCUT2D eigenvalue weighted by molar-refractivity contribution is -0.120. The average molecular weight is 555 g/mol. The molecule has 1 spiro atoms. The Kier molecular flexibility index (Phi) is 6.12. The first-order valence-corrected chi connectivity index (χ1v) is 13.2. The maximum absolute atomic E-state index is 14.4. The first kappa shape index (κ1) is 25.3. The van der Waals surface area contributed by atoms with E-state index in [1.54, 1.807) is 54.6 Å². The summed E-state index contributed by atoms with van der Waals surface area (Å²) in [6, 6.07) is 20.9. The van der Waals surface area contributed by atoms with Gasteiger partial charge in [-0.15, -0.1) is 0 Å². The monoisotopic (exact) mass is 554 g/mol. The molecule has 1 atom stereocenters. The maximum atomic E-state index is 14.4. The summed E-state index contributed by atoms with van der Waals surface area (Å²) in [5, 5.41) is 13.2. The van der Waals surface area contributed by atoms with Crippen molar-refractivity contribution >= 4 is 29.2 Å². The van der Waals surface area contributed by atoms with Crippen molar-refractivity contribution in [3.05, 3.63) is 128 Å². The van der Waals surface area contributed by atoms with Crippen molar-refractivity contribution < 1.29 is 13.6 Å². The van der Waals surface area contributed by atoms with Crippen molar-refractivity contribution in [3.8, 4) is 6.07 Å². The molecular weight excluding hydrogens is 534 g/mol. The molecule has 40 heavy (non-hydrogen) atoms. The molecule has 0 bridgehead atoms. The second-order valence-corrected chi connectivity index (χ2v) is 10.2. The number of halogens is 2. The number of para-hydroxylation sites is 1. The van der Waals surface area contributed by atoms with E-state index in [0.29, 0.717) is 22.4 Å². The lowest BCUT2D eigenvalue weighted by Crippen LogP contribution is -2.49. The Bertz CT molecular complexity index is 1810. The van der Waals surface area contributed by atoms with Crippen LogP contribution in [0.15, 0.2) is 94.1 Å². The van der Waals surface area contributed by atoms with Gasteiger partial charge in [-0.3, -0.25) is 9.59 Å². The second-order valence-electron chi connectivity index (χ2n) is 9.29. The molecule has 198 valence electrons. The highest BCUT2D eigenvalue weighted by Gasteiger charge is 2.60. The van der Waals surface area contributed by atoms with Gasteiger partial charge < -0.3 is 20.9 Å². The van der Waals surface area contributed by atoms with Gasteiger partial charge in [-0.1, -0.05) is 60.3 Å². The fourth-order valence-electron chi connectivity index (χ4n) is 5.25. The Morgan fingerprint density at radius 2 is 1.75 bits per heavy atom. The number of nitrogens with two attached hydrogens (primary N) is 1. The average Bonchev–Trinajstić information content (AvgIpc) is 3.17. The van der Waals surface area contributed by atoms with E-state index in [9.17, 15) is 23.6 Å². The number of nitrogens with zero attached hydrogens (tertiary/aromatic N) is 3. The molecule has 3 heterocycles. The molecule has 3 aromatic carbocycles. The summed E-state index contributed by atoms with van der Waals surface area (Å²) in [6.07, 6.45) is 0. The third-order valence-corrected chi connectivity index (χ3v) is 7.94. The molecule has 0 aliphatic carbocycles. The van der Waals surface area contributed by atoms with Gasteiger partial charge in [-0.2, -0.15) is 5.26 Å². The van der Waals surface area contributed by atoms with E-state index in [0.717, 1.165) is 11.8 Å². The number of hydrogen-bond acceptors (Lipinski definition) is 7. The summed E-state index contributed by atoms with van der Waals surface area (Å²) in [7, 11) is 0. The number of fused-ring (bicyclic) bond motifs is 4. The number of amides is 1. The highest BCUT2D eigenvalue weighted by Crippen LogP contribution is 2.53. The van der Waals surface area contributed by atoms with Crippen molar-refractivity contribution in [1.82, 2.24) is 9.97 Å². The molecule has 8 nitrogen and oxygen atoms in total. The quantitative estimate of drug-likeness (QED) is 0.248. The Hall–Kier alpha value is -4.95. The van der Waals surface area contributed by atoms with Gasteiger partial charge in [0.05, 0.1) is 17.7 Å². The van der Waals surface area contributed by atoms with Gasteiger partial charge in [-0.25, -0.2) is 13.8 Å². The van der Waals surface area contributed by atoms with Gasteiger partial charge in [0.15, 0.2) is 5.16 Å². The van der Waals surface area contributed by atoms with Crippen molar-refractivity contribution in [3.63, 3.8) is 0 Å². The summed E-state index contributed by atoms with van der Waals surface area (Å²) in [5.74, 6) is -1.23. The van der Waals surface area contributed by atoms with E-state index in [4.69, 9.17) is 5.73 Å². The fourth-order valence-corrected chi connectivity index (χ4v) is 6.09. The predicted molar refractivity (Wildman–Crippen MR) is 146 cm³/mol. The largest absolute Gasteiger partial charge is 0.384 e. The van der Waals surface area contributed by atoms with Crippen LogP contribution >= 0.6 is 11.8 Å². The van der Waals surface area contributed by atoms with E-state index in [1.807, 2.05) is 0 Å². The van der Waals surface area contributed by atoms with Crippen LogP contribution in [0.4, 0.5) is 20.3 Å². The maximum Gasteiger partial charge on any atom is 0.258 e. The van der Waals surface area contributed by atoms with Crippen molar-refractivity contribution in [2.45, 2.75) is 22.9 Å². The first-order chi connectivity index (χ1) is 19.3. The molecule has 0 saturated carbocycles. The van der Waals surface area contributed by atoms with E-state index in [2.05, 4.69) is 21.4 Å². The fraction of sp³-hybridized carbons (Fsp3) is 0.103. The molecule has 0 radical (unpaired) electrons. The van der Waals surface area contributed by atoms with Crippen LogP contribution in [-0.2, 0) is 22.5 Å². The molecule has 4 N–H and O–H groups in total. The number of carbonyl (C=O) groups is 1. The number of nitrogens with one attached hydrogen (secondary N) is 2. The van der Waals surface area contributed by atoms with Gasteiger partial charge >= 0.3 is 0 Å². The normalized spacial score (nSPS) is 17.4. The number of aromatic nitrogens is 2. The highest BCUT2D eigenvalue weighted by molar-refractivity contribution is 7.98. The standard InChI is InChI=1S/C29H20F2N6O2S/c30-18-11-9-16(10-12-18)14-37-22-8-4-2-6-19(22)29(27(37)39)20(13-32)24(33)34-25-23(29)26(38)36-28(35-25)40-15-17-5-1-3-7-21(17)31/h1-12H,14-15,33H2,(H2,34,35,36,38). The van der Waals surface area contributed by atoms with Crippen LogP contribution in [0.1, 0.15) is 22.3 Å². The molecule has 6 rings (SSSR count).